The Balaban J connectivity index is 1.97. The summed E-state index contributed by atoms with van der Waals surface area (Å²) in [6.45, 7) is 2.10. The highest BCUT2D eigenvalue weighted by Gasteiger charge is 2.18. The lowest BCUT2D eigenvalue weighted by Gasteiger charge is -2.18. The topological polar surface area (TPSA) is 35.2 Å². The van der Waals surface area contributed by atoms with Gasteiger partial charge in [0.1, 0.15) is 0 Å². The molecule has 2 rings (SSSR count). The van der Waals surface area contributed by atoms with E-state index in [-0.39, 0.29) is 6.10 Å². The van der Waals surface area contributed by atoms with Crippen LogP contribution in [0.5, 0.6) is 0 Å². The Kier molecular flexibility index (Phi) is 3.27. The van der Waals surface area contributed by atoms with Gasteiger partial charge in [0, 0.05) is 5.69 Å². The summed E-state index contributed by atoms with van der Waals surface area (Å²) in [6, 6.07) is 7.97. The minimum absolute atomic E-state index is 0.164. The number of rotatable bonds is 3. The van der Waals surface area contributed by atoms with Crippen molar-refractivity contribution in [2.75, 3.05) is 5.73 Å². The molecule has 1 fully saturated rings. The van der Waals surface area contributed by atoms with Gasteiger partial charge in [-0.3, -0.25) is 0 Å². The van der Waals surface area contributed by atoms with Gasteiger partial charge in [-0.1, -0.05) is 25.0 Å². The predicted octanol–water partition coefficient (Wildman–Crippen LogP) is 3.29. The molecule has 2 N–H and O–H groups in total. The minimum atomic E-state index is 0.164. The first kappa shape index (κ1) is 10.5. The maximum Gasteiger partial charge on any atom is 0.0801 e. The van der Waals surface area contributed by atoms with E-state index >= 15 is 0 Å². The molecular weight excluding hydrogens is 186 g/mol. The van der Waals surface area contributed by atoms with Gasteiger partial charge in [0.05, 0.1) is 12.2 Å². The third-order valence-electron chi connectivity index (χ3n) is 3.08. The number of hydrogen-bond acceptors (Lipinski definition) is 2. The zero-order valence-electron chi connectivity index (χ0n) is 9.28. The number of ether oxygens (including phenoxy) is 1. The summed E-state index contributed by atoms with van der Waals surface area (Å²) in [5.74, 6) is 0. The van der Waals surface area contributed by atoms with E-state index in [2.05, 4.69) is 13.0 Å². The van der Waals surface area contributed by atoms with E-state index in [9.17, 15) is 0 Å². The number of benzene rings is 1. The molecule has 1 aromatic carbocycles. The molecular formula is C13H19NO. The monoisotopic (exact) mass is 205 g/mol. The molecule has 0 saturated heterocycles. The number of hydrogen-bond donors (Lipinski definition) is 1. The van der Waals surface area contributed by atoms with Crippen LogP contribution in [0.4, 0.5) is 5.69 Å². The highest BCUT2D eigenvalue weighted by molar-refractivity contribution is 5.41. The molecule has 15 heavy (non-hydrogen) atoms. The third-order valence-corrected chi connectivity index (χ3v) is 3.08. The van der Waals surface area contributed by atoms with Crippen molar-refractivity contribution in [3.05, 3.63) is 29.8 Å². The molecule has 0 aromatic heterocycles. The van der Waals surface area contributed by atoms with Crippen LogP contribution in [-0.4, -0.2) is 6.10 Å². The van der Waals surface area contributed by atoms with Gasteiger partial charge in [0.2, 0.25) is 0 Å². The number of anilines is 1. The Labute approximate surface area is 91.4 Å². The highest BCUT2D eigenvalue weighted by atomic mass is 16.5. The largest absolute Gasteiger partial charge is 0.399 e. The van der Waals surface area contributed by atoms with Crippen LogP contribution in [0, 0.1) is 0 Å². The van der Waals surface area contributed by atoms with Crippen LogP contribution in [0.15, 0.2) is 24.3 Å². The molecule has 0 heterocycles. The lowest BCUT2D eigenvalue weighted by molar-refractivity contribution is 0.00105. The molecule has 1 unspecified atom stereocenters. The second kappa shape index (κ2) is 4.67. The zero-order chi connectivity index (χ0) is 10.7. The lowest BCUT2D eigenvalue weighted by Crippen LogP contribution is -2.11. The minimum Gasteiger partial charge on any atom is -0.399 e. The maximum atomic E-state index is 6.00. The molecule has 0 amide bonds. The Morgan fingerprint density at radius 2 is 2.07 bits per heavy atom. The van der Waals surface area contributed by atoms with E-state index in [1.807, 2.05) is 18.2 Å². The highest BCUT2D eigenvalue weighted by Crippen LogP contribution is 2.27. The normalized spacial score (nSPS) is 19.3. The number of nitrogens with two attached hydrogens (primary N) is 1. The quantitative estimate of drug-likeness (QED) is 0.768. The Hall–Kier alpha value is -1.02. The van der Waals surface area contributed by atoms with Crippen LogP contribution < -0.4 is 5.73 Å². The van der Waals surface area contributed by atoms with Gasteiger partial charge in [-0.2, -0.15) is 0 Å². The van der Waals surface area contributed by atoms with E-state index in [1.54, 1.807) is 0 Å². The molecule has 1 aromatic rings. The average Bonchev–Trinajstić information content (AvgIpc) is 2.70. The van der Waals surface area contributed by atoms with E-state index < -0.39 is 0 Å². The molecule has 2 nitrogen and oxygen atoms in total. The van der Waals surface area contributed by atoms with Crippen LogP contribution in [0.3, 0.4) is 0 Å². The van der Waals surface area contributed by atoms with Crippen molar-refractivity contribution in [3.8, 4) is 0 Å². The Morgan fingerprint density at radius 1 is 1.33 bits per heavy atom. The van der Waals surface area contributed by atoms with Crippen LogP contribution >= 0.6 is 0 Å². The summed E-state index contributed by atoms with van der Waals surface area (Å²) in [6.07, 6.45) is 5.68. The molecule has 1 saturated carbocycles. The van der Waals surface area contributed by atoms with Gasteiger partial charge in [-0.25, -0.2) is 0 Å². The summed E-state index contributed by atoms with van der Waals surface area (Å²) in [4.78, 5) is 0. The van der Waals surface area contributed by atoms with E-state index in [4.69, 9.17) is 10.5 Å². The Bertz CT molecular complexity index is 318. The molecule has 0 spiro atoms. The van der Waals surface area contributed by atoms with Crippen molar-refractivity contribution in [3.63, 3.8) is 0 Å². The SMILES string of the molecule is CC(OC1CCCC1)c1cccc(N)c1. The van der Waals surface area contributed by atoms with Gasteiger partial charge < -0.3 is 10.5 Å². The van der Waals surface area contributed by atoms with Gasteiger partial charge in [-0.15, -0.1) is 0 Å². The summed E-state index contributed by atoms with van der Waals surface area (Å²) in [5, 5.41) is 0. The lowest BCUT2D eigenvalue weighted by atomic mass is 10.1. The summed E-state index contributed by atoms with van der Waals surface area (Å²) in [5.41, 5.74) is 7.75. The first-order valence-electron chi connectivity index (χ1n) is 5.76. The predicted molar refractivity (Wildman–Crippen MR) is 62.6 cm³/mol. The smallest absolute Gasteiger partial charge is 0.0801 e. The summed E-state index contributed by atoms with van der Waals surface area (Å²) < 4.78 is 6.00. The van der Waals surface area contributed by atoms with Crippen LogP contribution in [0.2, 0.25) is 0 Å². The van der Waals surface area contributed by atoms with E-state index in [1.165, 1.54) is 31.2 Å². The van der Waals surface area contributed by atoms with Crippen LogP contribution in [-0.2, 0) is 4.74 Å². The van der Waals surface area contributed by atoms with E-state index in [0.29, 0.717) is 6.10 Å². The van der Waals surface area contributed by atoms with Crippen molar-refractivity contribution in [1.82, 2.24) is 0 Å². The van der Waals surface area contributed by atoms with Crippen LogP contribution in [0.1, 0.15) is 44.3 Å². The zero-order valence-corrected chi connectivity index (χ0v) is 9.28. The standard InChI is InChI=1S/C13H19NO/c1-10(15-13-7-2-3-8-13)11-5-4-6-12(14)9-11/h4-6,9-10,13H,2-3,7-8,14H2,1H3. The van der Waals surface area contributed by atoms with Gasteiger partial charge in [0.25, 0.3) is 0 Å². The Morgan fingerprint density at radius 3 is 2.73 bits per heavy atom. The van der Waals surface area contributed by atoms with Gasteiger partial charge >= 0.3 is 0 Å². The molecule has 1 atom stereocenters. The van der Waals surface area contributed by atoms with Gasteiger partial charge in [-0.05, 0) is 37.5 Å². The first-order valence-corrected chi connectivity index (χ1v) is 5.76. The molecule has 0 aliphatic heterocycles. The summed E-state index contributed by atoms with van der Waals surface area (Å²) in [7, 11) is 0. The molecule has 1 aliphatic rings. The van der Waals surface area contributed by atoms with E-state index in [0.717, 1.165) is 5.69 Å². The molecule has 82 valence electrons. The first-order chi connectivity index (χ1) is 7.25. The second-order valence-electron chi connectivity index (χ2n) is 4.35. The molecule has 0 bridgehead atoms. The number of nitrogen functional groups attached to an aromatic ring is 1. The fourth-order valence-electron chi connectivity index (χ4n) is 2.20. The molecule has 2 heteroatoms. The van der Waals surface area contributed by atoms with Crippen molar-refractivity contribution in [1.29, 1.82) is 0 Å². The van der Waals surface area contributed by atoms with Crippen LogP contribution in [0.25, 0.3) is 0 Å². The third kappa shape index (κ3) is 2.72. The van der Waals surface area contributed by atoms with Crippen molar-refractivity contribution >= 4 is 5.69 Å². The fraction of sp³-hybridized carbons (Fsp3) is 0.538. The van der Waals surface area contributed by atoms with Crippen molar-refractivity contribution < 1.29 is 4.74 Å². The fourth-order valence-corrected chi connectivity index (χ4v) is 2.20. The maximum absolute atomic E-state index is 6.00. The second-order valence-corrected chi connectivity index (χ2v) is 4.35. The van der Waals surface area contributed by atoms with Gasteiger partial charge in [0.15, 0.2) is 0 Å². The average molecular weight is 205 g/mol. The molecule has 1 aliphatic carbocycles. The molecule has 0 radical (unpaired) electrons. The summed E-state index contributed by atoms with van der Waals surface area (Å²) >= 11 is 0. The van der Waals surface area contributed by atoms with Crippen molar-refractivity contribution in [2.45, 2.75) is 44.8 Å². The van der Waals surface area contributed by atoms with Crippen molar-refractivity contribution in [2.24, 2.45) is 0 Å².